The van der Waals surface area contributed by atoms with E-state index in [9.17, 15) is 5.11 Å². The smallest absolute Gasteiger partial charge is 0.0651 e. The van der Waals surface area contributed by atoms with Crippen molar-refractivity contribution in [3.63, 3.8) is 0 Å². The number of nitrogens with two attached hydrogens (primary N) is 1. The van der Waals surface area contributed by atoms with Crippen LogP contribution >= 0.6 is 0 Å². The molecule has 1 aromatic rings. The largest absolute Gasteiger partial charge is 0.392 e. The summed E-state index contributed by atoms with van der Waals surface area (Å²) < 4.78 is 0. The molecule has 1 aliphatic rings. The van der Waals surface area contributed by atoms with Crippen molar-refractivity contribution in [1.29, 1.82) is 0 Å². The van der Waals surface area contributed by atoms with Crippen LogP contribution < -0.4 is 5.73 Å². The van der Waals surface area contributed by atoms with E-state index < -0.39 is 0 Å². The summed E-state index contributed by atoms with van der Waals surface area (Å²) in [6.45, 7) is 4.80. The van der Waals surface area contributed by atoms with Crippen molar-refractivity contribution < 1.29 is 5.11 Å². The number of benzene rings is 1. The second-order valence-corrected chi connectivity index (χ2v) is 5.07. The molecule has 1 aliphatic carbocycles. The fraction of sp³-hybridized carbons (Fsp3) is 0.571. The Morgan fingerprint density at radius 1 is 1.44 bits per heavy atom. The van der Waals surface area contributed by atoms with Crippen LogP contribution in [0, 0.1) is 18.8 Å². The summed E-state index contributed by atoms with van der Waals surface area (Å²) in [4.78, 5) is 0. The maximum Gasteiger partial charge on any atom is 0.0651 e. The van der Waals surface area contributed by atoms with Gasteiger partial charge in [-0.1, -0.05) is 31.2 Å². The lowest BCUT2D eigenvalue weighted by Gasteiger charge is -2.23. The van der Waals surface area contributed by atoms with Gasteiger partial charge in [-0.25, -0.2) is 0 Å². The van der Waals surface area contributed by atoms with Gasteiger partial charge in [0.25, 0.3) is 0 Å². The third-order valence-electron chi connectivity index (χ3n) is 3.86. The van der Waals surface area contributed by atoms with E-state index in [0.717, 1.165) is 6.42 Å². The molecule has 16 heavy (non-hydrogen) atoms. The van der Waals surface area contributed by atoms with Crippen LogP contribution in [0.1, 0.15) is 30.4 Å². The molecule has 1 fully saturated rings. The van der Waals surface area contributed by atoms with Crippen molar-refractivity contribution >= 4 is 0 Å². The first-order valence-electron chi connectivity index (χ1n) is 6.08. The Bertz CT molecular complexity index is 364. The van der Waals surface area contributed by atoms with E-state index in [1.807, 2.05) is 12.1 Å². The molecule has 88 valence electrons. The Morgan fingerprint density at radius 2 is 2.06 bits per heavy atom. The van der Waals surface area contributed by atoms with Gasteiger partial charge in [-0.15, -0.1) is 0 Å². The minimum Gasteiger partial charge on any atom is -0.392 e. The second-order valence-electron chi connectivity index (χ2n) is 5.07. The van der Waals surface area contributed by atoms with Gasteiger partial charge in [0.05, 0.1) is 6.10 Å². The van der Waals surface area contributed by atoms with Gasteiger partial charge in [-0.2, -0.15) is 0 Å². The SMILES string of the molecule is Cc1ccccc1C(CN)C(O)C1CC1C. The lowest BCUT2D eigenvalue weighted by Crippen LogP contribution is -2.28. The van der Waals surface area contributed by atoms with Crippen molar-refractivity contribution in [2.75, 3.05) is 6.54 Å². The van der Waals surface area contributed by atoms with E-state index in [1.165, 1.54) is 11.1 Å². The summed E-state index contributed by atoms with van der Waals surface area (Å²) >= 11 is 0. The third-order valence-corrected chi connectivity index (χ3v) is 3.86. The molecule has 2 nitrogen and oxygen atoms in total. The topological polar surface area (TPSA) is 46.2 Å². The monoisotopic (exact) mass is 219 g/mol. The lowest BCUT2D eigenvalue weighted by molar-refractivity contribution is 0.117. The first-order chi connectivity index (χ1) is 7.65. The van der Waals surface area contributed by atoms with Gasteiger partial charge < -0.3 is 10.8 Å². The Labute approximate surface area is 97.5 Å². The number of hydrogen-bond donors (Lipinski definition) is 2. The minimum atomic E-state index is -0.277. The molecule has 0 amide bonds. The van der Waals surface area contributed by atoms with Crippen molar-refractivity contribution in [2.24, 2.45) is 17.6 Å². The van der Waals surface area contributed by atoms with E-state index in [0.29, 0.717) is 18.4 Å². The molecule has 0 saturated heterocycles. The molecule has 2 heteroatoms. The molecule has 0 bridgehead atoms. The van der Waals surface area contributed by atoms with Gasteiger partial charge in [-0.05, 0) is 36.3 Å². The first kappa shape index (κ1) is 11.6. The fourth-order valence-corrected chi connectivity index (χ4v) is 2.58. The maximum absolute atomic E-state index is 10.3. The molecule has 0 aliphatic heterocycles. The lowest BCUT2D eigenvalue weighted by atomic mass is 9.87. The maximum atomic E-state index is 10.3. The van der Waals surface area contributed by atoms with Gasteiger partial charge in [0, 0.05) is 12.5 Å². The Kier molecular flexibility index (Phi) is 3.31. The van der Waals surface area contributed by atoms with Gasteiger partial charge in [-0.3, -0.25) is 0 Å². The summed E-state index contributed by atoms with van der Waals surface area (Å²) in [5, 5.41) is 10.3. The molecule has 4 unspecified atom stereocenters. The quantitative estimate of drug-likeness (QED) is 0.814. The minimum absolute atomic E-state index is 0.0937. The fourth-order valence-electron chi connectivity index (χ4n) is 2.58. The molecule has 0 radical (unpaired) electrons. The molecular weight excluding hydrogens is 198 g/mol. The number of aliphatic hydroxyl groups excluding tert-OH is 1. The summed E-state index contributed by atoms with van der Waals surface area (Å²) in [7, 11) is 0. The highest BCUT2D eigenvalue weighted by Gasteiger charge is 2.42. The Hall–Kier alpha value is -0.860. The van der Waals surface area contributed by atoms with E-state index in [2.05, 4.69) is 26.0 Å². The zero-order valence-electron chi connectivity index (χ0n) is 10.1. The Morgan fingerprint density at radius 3 is 2.56 bits per heavy atom. The van der Waals surface area contributed by atoms with E-state index >= 15 is 0 Å². The van der Waals surface area contributed by atoms with E-state index in [1.54, 1.807) is 0 Å². The van der Waals surface area contributed by atoms with E-state index in [4.69, 9.17) is 5.73 Å². The molecule has 0 aromatic heterocycles. The van der Waals surface area contributed by atoms with Crippen LogP contribution in [0.2, 0.25) is 0 Å². The van der Waals surface area contributed by atoms with Crippen molar-refractivity contribution in [3.8, 4) is 0 Å². The van der Waals surface area contributed by atoms with Gasteiger partial charge in [0.2, 0.25) is 0 Å². The highest BCUT2D eigenvalue weighted by Crippen LogP contribution is 2.44. The summed E-state index contributed by atoms with van der Waals surface area (Å²) in [6, 6.07) is 8.22. The average Bonchev–Trinajstić information content (AvgIpc) is 2.99. The molecule has 2 rings (SSSR count). The molecule has 1 saturated carbocycles. The molecule has 0 spiro atoms. The van der Waals surface area contributed by atoms with Crippen LogP contribution in [0.15, 0.2) is 24.3 Å². The third kappa shape index (κ3) is 2.13. The molecule has 3 N–H and O–H groups in total. The van der Waals surface area contributed by atoms with Crippen LogP contribution in [0.5, 0.6) is 0 Å². The highest BCUT2D eigenvalue weighted by atomic mass is 16.3. The predicted molar refractivity (Wildman–Crippen MR) is 66.3 cm³/mol. The van der Waals surface area contributed by atoms with Crippen molar-refractivity contribution in [2.45, 2.75) is 32.3 Å². The average molecular weight is 219 g/mol. The van der Waals surface area contributed by atoms with Crippen LogP contribution in [0.3, 0.4) is 0 Å². The molecule has 0 heterocycles. The Balaban J connectivity index is 2.19. The number of aliphatic hydroxyl groups is 1. The van der Waals surface area contributed by atoms with Gasteiger partial charge in [0.1, 0.15) is 0 Å². The highest BCUT2D eigenvalue weighted by molar-refractivity contribution is 5.30. The van der Waals surface area contributed by atoms with Crippen LogP contribution in [0.4, 0.5) is 0 Å². The predicted octanol–water partition coefficient (Wildman–Crippen LogP) is 2.05. The van der Waals surface area contributed by atoms with Crippen LogP contribution in [0.25, 0.3) is 0 Å². The number of rotatable bonds is 4. The standard InChI is InChI=1S/C14H21NO/c1-9-5-3-4-6-11(9)13(8-15)14(16)12-7-10(12)2/h3-6,10,12-14,16H,7-8,15H2,1-2H3. The summed E-state index contributed by atoms with van der Waals surface area (Å²) in [6.07, 6.45) is 0.866. The first-order valence-corrected chi connectivity index (χ1v) is 6.08. The van der Waals surface area contributed by atoms with Crippen molar-refractivity contribution in [3.05, 3.63) is 35.4 Å². The van der Waals surface area contributed by atoms with E-state index in [-0.39, 0.29) is 12.0 Å². The second kappa shape index (κ2) is 4.56. The molecular formula is C14H21NO. The van der Waals surface area contributed by atoms with Crippen molar-refractivity contribution in [1.82, 2.24) is 0 Å². The normalized spacial score (nSPS) is 27.5. The number of aryl methyl sites for hydroxylation is 1. The zero-order valence-corrected chi connectivity index (χ0v) is 10.1. The van der Waals surface area contributed by atoms with Crippen LogP contribution in [-0.2, 0) is 0 Å². The molecule has 1 aromatic carbocycles. The summed E-state index contributed by atoms with van der Waals surface area (Å²) in [5.74, 6) is 1.21. The van der Waals surface area contributed by atoms with Gasteiger partial charge >= 0.3 is 0 Å². The number of hydrogen-bond acceptors (Lipinski definition) is 2. The van der Waals surface area contributed by atoms with Crippen LogP contribution in [-0.4, -0.2) is 17.8 Å². The molecule has 4 atom stereocenters. The zero-order chi connectivity index (χ0) is 11.7. The van der Waals surface area contributed by atoms with Gasteiger partial charge in [0.15, 0.2) is 0 Å². The summed E-state index contributed by atoms with van der Waals surface area (Å²) in [5.41, 5.74) is 8.26.